The van der Waals surface area contributed by atoms with Crippen LogP contribution < -0.4 is 10.6 Å². The van der Waals surface area contributed by atoms with Gasteiger partial charge < -0.3 is 15.7 Å². The Hall–Kier alpha value is -3.57. The molecule has 2 aromatic rings. The van der Waals surface area contributed by atoms with Crippen LogP contribution >= 0.6 is 0 Å². The number of amides is 2. The highest BCUT2D eigenvalue weighted by Crippen LogP contribution is 2.64. The number of hydrogen-bond donors (Lipinski definition) is 3. The first kappa shape index (κ1) is 28.4. The number of Topliss-reactive ketones (excluding diaryl/α,β-unsaturated/α-hetero) is 1. The van der Waals surface area contributed by atoms with Crippen molar-refractivity contribution in [3.05, 3.63) is 54.1 Å². The van der Waals surface area contributed by atoms with Gasteiger partial charge in [-0.3, -0.25) is 9.59 Å². The van der Waals surface area contributed by atoms with Crippen LogP contribution in [0, 0.1) is 16.7 Å². The largest absolute Gasteiger partial charge is 0.480 e. The molecule has 2 aliphatic rings. The molecule has 0 spiro atoms. The molecule has 3 N–H and O–H groups in total. The molecule has 0 aliphatic heterocycles. The number of ketones is 1. The van der Waals surface area contributed by atoms with Gasteiger partial charge in [-0.2, -0.15) is 13.4 Å². The van der Waals surface area contributed by atoms with E-state index in [1.54, 1.807) is 25.1 Å². The highest BCUT2D eigenvalue weighted by molar-refractivity contribution is 7.61. The van der Waals surface area contributed by atoms with Crippen molar-refractivity contribution < 1.29 is 27.9 Å². The zero-order valence-electron chi connectivity index (χ0n) is 22.3. The Labute approximate surface area is 229 Å². The SMILES string of the molecule is CCNC(=O)Nc1cc(CC(C(=O)O)N(C[C@@]2(C)[C@H]3CC[C@]2(C)C(=O)C3)N=S(=O)=O)ccc1-c1ccccc1. The van der Waals surface area contributed by atoms with Crippen molar-refractivity contribution in [3.8, 4) is 11.1 Å². The number of carbonyl (C=O) groups excluding carboxylic acids is 2. The second kappa shape index (κ2) is 11.3. The van der Waals surface area contributed by atoms with Crippen LogP contribution in [-0.2, 0) is 26.5 Å². The summed E-state index contributed by atoms with van der Waals surface area (Å²) in [5, 5.41) is 16.9. The molecule has 2 aliphatic carbocycles. The average molecular weight is 555 g/mol. The third-order valence-electron chi connectivity index (χ3n) is 8.69. The maximum Gasteiger partial charge on any atom is 0.328 e. The number of carboxylic acids is 1. The van der Waals surface area contributed by atoms with Crippen LogP contribution in [0.5, 0.6) is 0 Å². The monoisotopic (exact) mass is 554 g/mol. The smallest absolute Gasteiger partial charge is 0.328 e. The Bertz CT molecular complexity index is 1400. The van der Waals surface area contributed by atoms with E-state index in [1.807, 2.05) is 44.2 Å². The van der Waals surface area contributed by atoms with Gasteiger partial charge in [0.15, 0.2) is 0 Å². The minimum absolute atomic E-state index is 0.0248. The fourth-order valence-corrected chi connectivity index (χ4v) is 6.58. The Kier molecular flexibility index (Phi) is 8.22. The molecule has 10 nitrogen and oxygen atoms in total. The van der Waals surface area contributed by atoms with E-state index in [9.17, 15) is 27.9 Å². The standard InChI is InChI=1S/C28H34N4O6S/c1-4-29-26(36)30-22-14-18(10-11-21(22)19-8-6-5-7-9-19)15-23(25(34)35)32(31-39(37)38)17-28(3)20-12-13-27(28,2)24(33)16-20/h5-11,14,20,23H,4,12-13,15-17H2,1-3H3,(H,34,35)(H2,29,30,36)/t20-,23?,27+,28-/m0/s1. The summed E-state index contributed by atoms with van der Waals surface area (Å²) in [6, 6.07) is 13.0. The third-order valence-corrected chi connectivity index (χ3v) is 9.03. The molecule has 0 saturated heterocycles. The number of anilines is 1. The van der Waals surface area contributed by atoms with Crippen molar-refractivity contribution >= 4 is 34.0 Å². The van der Waals surface area contributed by atoms with Crippen LogP contribution in [-0.4, -0.2) is 55.4 Å². The summed E-state index contributed by atoms with van der Waals surface area (Å²) >= 11 is 0. The van der Waals surface area contributed by atoms with Crippen molar-refractivity contribution in [3.63, 3.8) is 0 Å². The van der Waals surface area contributed by atoms with Crippen molar-refractivity contribution in [2.75, 3.05) is 18.4 Å². The number of aliphatic carboxylic acids is 1. The molecule has 4 rings (SSSR count). The highest BCUT2D eigenvalue weighted by atomic mass is 32.2. The molecule has 0 aromatic heterocycles. The average Bonchev–Trinajstić information content (AvgIpc) is 3.22. The number of carbonyl (C=O) groups is 3. The van der Waals surface area contributed by atoms with E-state index in [4.69, 9.17) is 0 Å². The first-order chi connectivity index (χ1) is 18.5. The summed E-state index contributed by atoms with van der Waals surface area (Å²) in [4.78, 5) is 37.7. The van der Waals surface area contributed by atoms with Crippen LogP contribution in [0.3, 0.4) is 0 Å². The van der Waals surface area contributed by atoms with Gasteiger partial charge in [0, 0.05) is 36.9 Å². The molecule has 2 bridgehead atoms. The van der Waals surface area contributed by atoms with Crippen LogP contribution in [0.25, 0.3) is 11.1 Å². The number of nitrogens with one attached hydrogen (secondary N) is 2. The van der Waals surface area contributed by atoms with Gasteiger partial charge in [0.25, 0.3) is 0 Å². The second-order valence-corrected chi connectivity index (χ2v) is 11.4. The first-order valence-electron chi connectivity index (χ1n) is 13.1. The van der Waals surface area contributed by atoms with Gasteiger partial charge in [0.2, 0.25) is 0 Å². The molecule has 11 heteroatoms. The minimum atomic E-state index is -2.89. The molecular weight excluding hydrogens is 520 g/mol. The topological polar surface area (TPSA) is 145 Å². The zero-order chi connectivity index (χ0) is 28.4. The van der Waals surface area contributed by atoms with Crippen LogP contribution in [0.1, 0.15) is 45.6 Å². The molecule has 39 heavy (non-hydrogen) atoms. The lowest BCUT2D eigenvalue weighted by Crippen LogP contribution is -2.49. The Balaban J connectivity index is 1.69. The van der Waals surface area contributed by atoms with Crippen molar-refractivity contribution in [2.45, 2.75) is 52.5 Å². The van der Waals surface area contributed by atoms with Crippen LogP contribution in [0.4, 0.5) is 10.5 Å². The molecule has 4 atom stereocenters. The molecule has 0 heterocycles. The summed E-state index contributed by atoms with van der Waals surface area (Å²) < 4.78 is 27.1. The molecule has 2 saturated carbocycles. The Morgan fingerprint density at radius 2 is 1.90 bits per heavy atom. The Morgan fingerprint density at radius 3 is 2.46 bits per heavy atom. The van der Waals surface area contributed by atoms with Gasteiger partial charge in [0.1, 0.15) is 11.8 Å². The number of fused-ring (bicyclic) bond motifs is 2. The van der Waals surface area contributed by atoms with Gasteiger partial charge >= 0.3 is 22.5 Å². The predicted octanol–water partition coefficient (Wildman–Crippen LogP) is 4.17. The molecule has 1 unspecified atom stereocenters. The molecular formula is C28H34N4O6S. The summed E-state index contributed by atoms with van der Waals surface area (Å²) in [6.45, 7) is 6.09. The van der Waals surface area contributed by atoms with Crippen LogP contribution in [0.15, 0.2) is 53.0 Å². The fraction of sp³-hybridized carbons (Fsp3) is 0.464. The second-order valence-electron chi connectivity index (χ2n) is 10.8. The number of rotatable bonds is 10. The van der Waals surface area contributed by atoms with E-state index in [2.05, 4.69) is 15.1 Å². The van der Waals surface area contributed by atoms with E-state index in [-0.39, 0.29) is 24.7 Å². The first-order valence-corrected chi connectivity index (χ1v) is 14.1. The van der Waals surface area contributed by atoms with Crippen molar-refractivity contribution in [1.29, 1.82) is 0 Å². The van der Waals surface area contributed by atoms with Gasteiger partial charge in [-0.15, -0.1) is 0 Å². The predicted molar refractivity (Wildman–Crippen MR) is 146 cm³/mol. The maximum atomic E-state index is 12.8. The normalized spacial score (nSPS) is 24.4. The van der Waals surface area contributed by atoms with Gasteiger partial charge in [-0.1, -0.05) is 60.8 Å². The lowest BCUT2D eigenvalue weighted by Gasteiger charge is -2.40. The number of nitrogens with zero attached hydrogens (tertiary/aromatic N) is 2. The highest BCUT2D eigenvalue weighted by Gasteiger charge is 2.64. The van der Waals surface area contributed by atoms with Gasteiger partial charge in [0.05, 0.1) is 5.69 Å². The van der Waals surface area contributed by atoms with E-state index in [1.165, 1.54) is 0 Å². The molecule has 2 amide bonds. The molecule has 2 fully saturated rings. The summed E-state index contributed by atoms with van der Waals surface area (Å²) in [7, 11) is -2.89. The van der Waals surface area contributed by atoms with E-state index < -0.39 is 39.4 Å². The van der Waals surface area contributed by atoms with Gasteiger partial charge in [-0.25, -0.2) is 4.79 Å². The zero-order valence-corrected chi connectivity index (χ0v) is 23.1. The van der Waals surface area contributed by atoms with E-state index >= 15 is 0 Å². The minimum Gasteiger partial charge on any atom is -0.480 e. The number of benzene rings is 2. The summed E-state index contributed by atoms with van der Waals surface area (Å²) in [6.07, 6.45) is 1.87. The number of hydrogen-bond acceptors (Lipinski definition) is 6. The van der Waals surface area contributed by atoms with Crippen molar-refractivity contribution in [1.82, 2.24) is 10.3 Å². The summed E-state index contributed by atoms with van der Waals surface area (Å²) in [5.74, 6) is -1.06. The Morgan fingerprint density at radius 1 is 1.18 bits per heavy atom. The molecule has 2 aromatic carbocycles. The third kappa shape index (κ3) is 5.60. The van der Waals surface area contributed by atoms with E-state index in [0.717, 1.165) is 22.6 Å². The fourth-order valence-electron chi connectivity index (χ4n) is 6.24. The number of carboxylic acid groups (broad SMARTS) is 1. The lowest BCUT2D eigenvalue weighted by atomic mass is 9.68. The lowest BCUT2D eigenvalue weighted by molar-refractivity contribution is -0.144. The maximum absolute atomic E-state index is 12.8. The van der Waals surface area contributed by atoms with Crippen molar-refractivity contribution in [2.24, 2.45) is 21.2 Å². The van der Waals surface area contributed by atoms with E-state index in [0.29, 0.717) is 30.6 Å². The van der Waals surface area contributed by atoms with Crippen LogP contribution in [0.2, 0.25) is 0 Å². The number of urea groups is 1. The molecule has 208 valence electrons. The van der Waals surface area contributed by atoms with Gasteiger partial charge in [-0.05, 0) is 48.3 Å². The quantitative estimate of drug-likeness (QED) is 0.374. The summed E-state index contributed by atoms with van der Waals surface area (Å²) in [5.41, 5.74) is 1.42. The molecule has 0 radical (unpaired) electrons.